The van der Waals surface area contributed by atoms with E-state index in [1.54, 1.807) is 0 Å². The number of aromatic nitrogens is 2. The van der Waals surface area contributed by atoms with Crippen LogP contribution in [0.3, 0.4) is 0 Å². The second kappa shape index (κ2) is 8.45. The van der Waals surface area contributed by atoms with Crippen LogP contribution in [0.4, 0.5) is 4.39 Å². The van der Waals surface area contributed by atoms with Crippen molar-refractivity contribution in [2.75, 3.05) is 13.1 Å². The van der Waals surface area contributed by atoms with Crippen molar-refractivity contribution < 1.29 is 4.39 Å². The maximum atomic E-state index is 13.6. The zero-order chi connectivity index (χ0) is 22.2. The highest BCUT2D eigenvalue weighted by Crippen LogP contribution is 2.43. The van der Waals surface area contributed by atoms with Gasteiger partial charge < -0.3 is 4.98 Å². The highest BCUT2D eigenvalue weighted by Gasteiger charge is 2.35. The van der Waals surface area contributed by atoms with Crippen molar-refractivity contribution in [2.24, 2.45) is 0 Å². The molecule has 0 aliphatic carbocycles. The van der Waals surface area contributed by atoms with Crippen LogP contribution < -0.4 is 0 Å². The summed E-state index contributed by atoms with van der Waals surface area (Å²) in [5.74, 6) is 0.380. The number of halogens is 1. The normalized spacial score (nSPS) is 20.5. The molecule has 4 aromatic rings. The number of H-pyrrole nitrogens is 1. The van der Waals surface area contributed by atoms with E-state index in [0.29, 0.717) is 12.0 Å². The summed E-state index contributed by atoms with van der Waals surface area (Å²) in [6.45, 7) is 2.11. The van der Waals surface area contributed by atoms with Crippen molar-refractivity contribution in [2.45, 2.75) is 24.8 Å². The fraction of sp³-hybridized carbons (Fsp3) is 0.207. The number of benzene rings is 2. The Kier molecular flexibility index (Phi) is 5.16. The van der Waals surface area contributed by atoms with Gasteiger partial charge >= 0.3 is 0 Å². The molecule has 0 spiro atoms. The Morgan fingerprint density at radius 1 is 0.909 bits per heavy atom. The number of fused-ring (bicyclic) bond motifs is 1. The van der Waals surface area contributed by atoms with Gasteiger partial charge in [-0.15, -0.1) is 0 Å². The van der Waals surface area contributed by atoms with Crippen LogP contribution in [-0.2, 0) is 0 Å². The van der Waals surface area contributed by atoms with Gasteiger partial charge in [-0.05, 0) is 77.4 Å². The molecule has 4 heterocycles. The van der Waals surface area contributed by atoms with Gasteiger partial charge in [-0.3, -0.25) is 9.88 Å². The summed E-state index contributed by atoms with van der Waals surface area (Å²) in [4.78, 5) is 10.3. The fourth-order valence-electron chi connectivity index (χ4n) is 5.51. The Bertz CT molecular complexity index is 1280. The van der Waals surface area contributed by atoms with Gasteiger partial charge in [0.1, 0.15) is 5.82 Å². The highest BCUT2D eigenvalue weighted by molar-refractivity contribution is 5.91. The first-order valence-electron chi connectivity index (χ1n) is 11.6. The Labute approximate surface area is 193 Å². The van der Waals surface area contributed by atoms with Crippen LogP contribution in [0, 0.1) is 5.82 Å². The number of aromatic amines is 1. The largest absolute Gasteiger partial charge is 0.360 e. The fourth-order valence-corrected chi connectivity index (χ4v) is 5.51. The number of nitrogens with zero attached hydrogens (tertiary/aromatic N) is 2. The molecule has 6 rings (SSSR count). The Hall–Kier alpha value is -3.50. The molecule has 2 aliphatic heterocycles. The number of nitrogens with one attached hydrogen (secondary N) is 1. The Morgan fingerprint density at radius 3 is 2.48 bits per heavy atom. The standard InChI is InChI=1S/C29H26FN3/c30-25-8-6-22(7-9-25)29-28(21-10-13-31-14-11-21)27(18-32-29)23-12-15-33-19-24(17-26(33)16-23)20-4-2-1-3-5-20/h1-14,18,24,26,32H,15-17,19H2/t24-,26+/m0/s1. The molecule has 1 N–H and O–H groups in total. The third-order valence-electron chi connectivity index (χ3n) is 7.15. The average Bonchev–Trinajstić information content (AvgIpc) is 3.50. The summed E-state index contributed by atoms with van der Waals surface area (Å²) in [7, 11) is 0. The first-order chi connectivity index (χ1) is 16.3. The molecule has 0 bridgehead atoms. The summed E-state index contributed by atoms with van der Waals surface area (Å²) < 4.78 is 13.6. The van der Waals surface area contributed by atoms with Gasteiger partial charge in [-0.2, -0.15) is 0 Å². The van der Waals surface area contributed by atoms with E-state index in [0.717, 1.165) is 36.3 Å². The Morgan fingerprint density at radius 2 is 1.70 bits per heavy atom. The predicted octanol–water partition coefficient (Wildman–Crippen LogP) is 6.53. The van der Waals surface area contributed by atoms with E-state index in [1.165, 1.54) is 40.8 Å². The smallest absolute Gasteiger partial charge is 0.123 e. The lowest BCUT2D eigenvalue weighted by atomic mass is 9.88. The van der Waals surface area contributed by atoms with Crippen LogP contribution in [0.15, 0.2) is 91.4 Å². The number of rotatable bonds is 4. The molecule has 3 nitrogen and oxygen atoms in total. The van der Waals surface area contributed by atoms with E-state index in [1.807, 2.05) is 24.5 Å². The lowest BCUT2D eigenvalue weighted by molar-refractivity contribution is 0.274. The lowest BCUT2D eigenvalue weighted by Crippen LogP contribution is -2.33. The summed E-state index contributed by atoms with van der Waals surface area (Å²) in [6, 6.07) is 22.3. The van der Waals surface area contributed by atoms with Crippen LogP contribution in [-0.4, -0.2) is 34.0 Å². The molecule has 1 saturated heterocycles. The minimum absolute atomic E-state index is 0.222. The van der Waals surface area contributed by atoms with E-state index >= 15 is 0 Å². The van der Waals surface area contributed by atoms with Crippen LogP contribution in [0.1, 0.15) is 29.9 Å². The van der Waals surface area contributed by atoms with Crippen molar-refractivity contribution in [3.63, 3.8) is 0 Å². The first kappa shape index (κ1) is 20.1. The average molecular weight is 436 g/mol. The van der Waals surface area contributed by atoms with Gasteiger partial charge in [0.25, 0.3) is 0 Å². The van der Waals surface area contributed by atoms with Gasteiger partial charge in [-0.1, -0.05) is 36.4 Å². The quantitative estimate of drug-likeness (QED) is 0.395. The molecule has 0 saturated carbocycles. The van der Waals surface area contributed by atoms with Gasteiger partial charge in [0, 0.05) is 48.8 Å². The molecule has 0 amide bonds. The monoisotopic (exact) mass is 435 g/mol. The van der Waals surface area contributed by atoms with Gasteiger partial charge in [0.2, 0.25) is 0 Å². The minimum atomic E-state index is -0.222. The van der Waals surface area contributed by atoms with E-state index < -0.39 is 0 Å². The summed E-state index contributed by atoms with van der Waals surface area (Å²) >= 11 is 0. The molecule has 33 heavy (non-hydrogen) atoms. The summed E-state index contributed by atoms with van der Waals surface area (Å²) in [6.07, 6.45) is 10.4. The van der Waals surface area contributed by atoms with Crippen molar-refractivity contribution in [1.29, 1.82) is 0 Å². The van der Waals surface area contributed by atoms with E-state index in [-0.39, 0.29) is 5.82 Å². The van der Waals surface area contributed by atoms with Crippen LogP contribution in [0.2, 0.25) is 0 Å². The lowest BCUT2D eigenvalue weighted by Gasteiger charge is -2.29. The molecule has 4 heteroatoms. The molecular weight excluding hydrogens is 409 g/mol. The molecular formula is C29H26FN3. The van der Waals surface area contributed by atoms with E-state index in [9.17, 15) is 4.39 Å². The topological polar surface area (TPSA) is 31.9 Å². The highest BCUT2D eigenvalue weighted by atomic mass is 19.1. The third kappa shape index (κ3) is 3.81. The van der Waals surface area contributed by atoms with Crippen molar-refractivity contribution >= 4 is 5.57 Å². The summed E-state index contributed by atoms with van der Waals surface area (Å²) in [5, 5.41) is 0. The molecule has 164 valence electrons. The van der Waals surface area contributed by atoms with Crippen LogP contribution in [0.25, 0.3) is 28.0 Å². The zero-order valence-corrected chi connectivity index (χ0v) is 18.4. The number of hydrogen-bond acceptors (Lipinski definition) is 2. The third-order valence-corrected chi connectivity index (χ3v) is 7.15. The van der Waals surface area contributed by atoms with Crippen molar-refractivity contribution in [3.8, 4) is 22.4 Å². The van der Waals surface area contributed by atoms with Gasteiger partial charge in [0.05, 0.1) is 5.69 Å². The molecule has 2 aliphatic rings. The molecule has 2 aromatic heterocycles. The number of pyridine rings is 1. The van der Waals surface area contributed by atoms with Crippen molar-refractivity contribution in [3.05, 3.63) is 108 Å². The van der Waals surface area contributed by atoms with E-state index in [2.05, 4.69) is 69.6 Å². The molecule has 1 fully saturated rings. The van der Waals surface area contributed by atoms with Crippen molar-refractivity contribution in [1.82, 2.24) is 14.9 Å². The Balaban J connectivity index is 1.34. The second-order valence-corrected chi connectivity index (χ2v) is 9.08. The van der Waals surface area contributed by atoms with Crippen LogP contribution in [0.5, 0.6) is 0 Å². The van der Waals surface area contributed by atoms with Crippen LogP contribution >= 0.6 is 0 Å². The summed E-state index contributed by atoms with van der Waals surface area (Å²) in [5.41, 5.74) is 8.38. The molecule has 2 aromatic carbocycles. The molecule has 2 atom stereocenters. The minimum Gasteiger partial charge on any atom is -0.360 e. The second-order valence-electron chi connectivity index (χ2n) is 9.08. The maximum Gasteiger partial charge on any atom is 0.123 e. The molecule has 0 unspecified atom stereocenters. The van der Waals surface area contributed by atoms with Gasteiger partial charge in [0.15, 0.2) is 0 Å². The predicted molar refractivity (Wildman–Crippen MR) is 131 cm³/mol. The first-order valence-corrected chi connectivity index (χ1v) is 11.6. The maximum absolute atomic E-state index is 13.6. The zero-order valence-electron chi connectivity index (χ0n) is 18.4. The number of hydrogen-bond donors (Lipinski definition) is 1. The van der Waals surface area contributed by atoms with E-state index in [4.69, 9.17) is 0 Å². The molecule has 0 radical (unpaired) electrons. The SMILES string of the molecule is Fc1ccc(-c2[nH]cc(C3=CCN4C[C@@H](c5ccccc5)C[C@H]4C3)c2-c2ccncc2)cc1. The van der Waals surface area contributed by atoms with Gasteiger partial charge in [-0.25, -0.2) is 4.39 Å².